The van der Waals surface area contributed by atoms with Crippen molar-refractivity contribution in [1.82, 2.24) is 4.98 Å². The van der Waals surface area contributed by atoms with Gasteiger partial charge in [-0.1, -0.05) is 18.2 Å². The third-order valence-electron chi connectivity index (χ3n) is 3.01. The van der Waals surface area contributed by atoms with Crippen LogP contribution in [0.25, 0.3) is 0 Å². The second kappa shape index (κ2) is 6.96. The van der Waals surface area contributed by atoms with Crippen LogP contribution in [0, 0.1) is 6.92 Å². The highest BCUT2D eigenvalue weighted by Crippen LogP contribution is 2.33. The van der Waals surface area contributed by atoms with Gasteiger partial charge in [0.05, 0.1) is 11.3 Å². The number of aromatic nitrogens is 1. The van der Waals surface area contributed by atoms with Crippen molar-refractivity contribution in [3.63, 3.8) is 0 Å². The second-order valence-electron chi connectivity index (χ2n) is 4.57. The molecule has 1 heterocycles. The normalized spacial score (nSPS) is 11.5. The zero-order valence-corrected chi connectivity index (χ0v) is 12.4. The van der Waals surface area contributed by atoms with Crippen LogP contribution in [0.1, 0.15) is 27.2 Å². The van der Waals surface area contributed by atoms with E-state index in [-0.39, 0.29) is 17.1 Å². The van der Waals surface area contributed by atoms with Crippen LogP contribution >= 0.6 is 11.8 Å². The van der Waals surface area contributed by atoms with Crippen LogP contribution in [-0.4, -0.2) is 10.8 Å². The molecule has 6 heteroatoms. The Morgan fingerprint density at radius 2 is 1.86 bits per heavy atom. The number of hydrogen-bond acceptors (Lipinski definition) is 3. The summed E-state index contributed by atoms with van der Waals surface area (Å²) in [6.07, 6.45) is -2.82. The fourth-order valence-corrected chi connectivity index (χ4v) is 2.98. The molecule has 1 aromatic heterocycles. The van der Waals surface area contributed by atoms with Gasteiger partial charge in [0.15, 0.2) is 5.78 Å². The van der Waals surface area contributed by atoms with E-state index in [0.29, 0.717) is 17.0 Å². The maximum atomic E-state index is 12.9. The van der Waals surface area contributed by atoms with Crippen LogP contribution in [0.3, 0.4) is 0 Å². The topological polar surface area (TPSA) is 30.0 Å². The summed E-state index contributed by atoms with van der Waals surface area (Å²) in [6.45, 7) is 3.35. The minimum atomic E-state index is -4.36. The molecule has 1 radical (unpaired) electrons. The fraction of sp³-hybridized carbons (Fsp3) is 0.188. The maximum absolute atomic E-state index is 12.9. The summed E-state index contributed by atoms with van der Waals surface area (Å²) in [6, 6.07) is 8.72. The Balaban J connectivity index is 2.08. The minimum Gasteiger partial charge on any atom is -0.294 e. The van der Waals surface area contributed by atoms with Crippen LogP contribution in [-0.2, 0) is 17.7 Å². The zero-order valence-electron chi connectivity index (χ0n) is 11.6. The quantitative estimate of drug-likeness (QED) is 0.756. The van der Waals surface area contributed by atoms with E-state index in [1.807, 2.05) is 0 Å². The highest BCUT2D eigenvalue weighted by atomic mass is 32.2. The number of rotatable bonds is 5. The molecule has 0 N–H and O–H groups in total. The van der Waals surface area contributed by atoms with Crippen LogP contribution in [0.2, 0.25) is 0 Å². The molecular weight excluding hydrogens is 311 g/mol. The summed E-state index contributed by atoms with van der Waals surface area (Å²) in [5, 5.41) is 0. The standard InChI is InChI=1S/C16H13F3NOS/c1-11(21)13-6-4-8-20-15(13)10-22-9-12-5-2-3-7-14(12)16(17,18)19/h2-8H,1,9-10H2. The molecule has 115 valence electrons. The van der Waals surface area contributed by atoms with Crippen molar-refractivity contribution < 1.29 is 18.0 Å². The number of ketones is 1. The van der Waals surface area contributed by atoms with E-state index in [0.717, 1.165) is 6.07 Å². The Hall–Kier alpha value is -1.82. The van der Waals surface area contributed by atoms with E-state index in [2.05, 4.69) is 11.9 Å². The average molecular weight is 324 g/mol. The first-order chi connectivity index (χ1) is 10.4. The molecular formula is C16H13F3NOS. The number of pyridine rings is 1. The Morgan fingerprint density at radius 1 is 1.14 bits per heavy atom. The highest BCUT2D eigenvalue weighted by Gasteiger charge is 2.32. The van der Waals surface area contributed by atoms with E-state index < -0.39 is 11.7 Å². The summed E-state index contributed by atoms with van der Waals surface area (Å²) < 4.78 is 38.7. The van der Waals surface area contributed by atoms with Crippen molar-refractivity contribution in [2.45, 2.75) is 17.7 Å². The van der Waals surface area contributed by atoms with Gasteiger partial charge in [0.2, 0.25) is 0 Å². The van der Waals surface area contributed by atoms with Gasteiger partial charge in [-0.05, 0) is 23.8 Å². The van der Waals surface area contributed by atoms with Crippen LogP contribution in [0.15, 0.2) is 42.6 Å². The molecule has 2 nitrogen and oxygen atoms in total. The van der Waals surface area contributed by atoms with Crippen LogP contribution in [0.5, 0.6) is 0 Å². The molecule has 0 aliphatic heterocycles. The van der Waals surface area contributed by atoms with Crippen LogP contribution in [0.4, 0.5) is 13.2 Å². The van der Waals surface area contributed by atoms with Crippen molar-refractivity contribution in [1.29, 1.82) is 0 Å². The van der Waals surface area contributed by atoms with Gasteiger partial charge in [0.25, 0.3) is 0 Å². The molecule has 0 aliphatic carbocycles. The number of carbonyl (C=O) groups excluding carboxylic acids is 1. The van der Waals surface area contributed by atoms with Gasteiger partial charge >= 0.3 is 6.18 Å². The lowest BCUT2D eigenvalue weighted by Gasteiger charge is -2.12. The number of Topliss-reactive ketones (excluding diaryl/α,β-unsaturated/α-hetero) is 1. The second-order valence-corrected chi connectivity index (χ2v) is 5.55. The molecule has 2 rings (SSSR count). The largest absolute Gasteiger partial charge is 0.416 e. The van der Waals surface area contributed by atoms with E-state index >= 15 is 0 Å². The summed E-state index contributed by atoms with van der Waals surface area (Å²) in [5.41, 5.74) is 0.534. The predicted molar refractivity (Wildman–Crippen MR) is 80.4 cm³/mol. The summed E-state index contributed by atoms with van der Waals surface area (Å²) >= 11 is 1.28. The van der Waals surface area contributed by atoms with Crippen molar-refractivity contribution in [2.75, 3.05) is 0 Å². The summed E-state index contributed by atoms with van der Waals surface area (Å²) in [7, 11) is 0. The number of carbonyl (C=O) groups is 1. The van der Waals surface area contributed by atoms with Gasteiger partial charge < -0.3 is 0 Å². The van der Waals surface area contributed by atoms with E-state index in [9.17, 15) is 18.0 Å². The molecule has 0 saturated carbocycles. The molecule has 2 aromatic rings. The van der Waals surface area contributed by atoms with Crippen LogP contribution < -0.4 is 0 Å². The fourth-order valence-electron chi connectivity index (χ4n) is 1.99. The van der Waals surface area contributed by atoms with Crippen molar-refractivity contribution >= 4 is 17.5 Å². The van der Waals surface area contributed by atoms with Gasteiger partial charge in [0, 0.05) is 30.2 Å². The van der Waals surface area contributed by atoms with E-state index in [1.54, 1.807) is 24.4 Å². The lowest BCUT2D eigenvalue weighted by atomic mass is 10.1. The Morgan fingerprint density at radius 3 is 2.55 bits per heavy atom. The molecule has 0 atom stereocenters. The smallest absolute Gasteiger partial charge is 0.294 e. The lowest BCUT2D eigenvalue weighted by molar-refractivity contribution is -0.138. The van der Waals surface area contributed by atoms with Gasteiger partial charge in [-0.3, -0.25) is 9.78 Å². The number of hydrogen-bond donors (Lipinski definition) is 0. The first-order valence-corrected chi connectivity index (χ1v) is 7.58. The van der Waals surface area contributed by atoms with Crippen molar-refractivity contribution in [2.24, 2.45) is 0 Å². The van der Waals surface area contributed by atoms with Gasteiger partial charge in [-0.2, -0.15) is 24.9 Å². The average Bonchev–Trinajstić information content (AvgIpc) is 2.47. The summed E-state index contributed by atoms with van der Waals surface area (Å²) in [5.74, 6) is 0.195. The monoisotopic (exact) mass is 324 g/mol. The Labute approximate surface area is 130 Å². The predicted octanol–water partition coefficient (Wildman–Crippen LogP) is 4.55. The third kappa shape index (κ3) is 4.10. The van der Waals surface area contributed by atoms with Gasteiger partial charge in [-0.25, -0.2) is 0 Å². The molecule has 0 saturated heterocycles. The van der Waals surface area contributed by atoms with Crippen molar-refractivity contribution in [3.05, 3.63) is 71.9 Å². The zero-order chi connectivity index (χ0) is 16.2. The third-order valence-corrected chi connectivity index (χ3v) is 4.00. The van der Waals surface area contributed by atoms with Gasteiger partial charge in [-0.15, -0.1) is 0 Å². The molecule has 0 amide bonds. The maximum Gasteiger partial charge on any atom is 0.416 e. The van der Waals surface area contributed by atoms with Gasteiger partial charge in [0.1, 0.15) is 0 Å². The first kappa shape index (κ1) is 16.5. The SMILES string of the molecule is [CH2]C(=O)c1cccnc1CSCc1ccccc1C(F)(F)F. The molecule has 0 unspecified atom stereocenters. The molecule has 1 aromatic carbocycles. The highest BCUT2D eigenvalue weighted by molar-refractivity contribution is 7.97. The molecule has 0 aliphatic rings. The lowest BCUT2D eigenvalue weighted by Crippen LogP contribution is -2.08. The van der Waals surface area contributed by atoms with Crippen molar-refractivity contribution in [3.8, 4) is 0 Å². The Kier molecular flexibility index (Phi) is 5.24. The minimum absolute atomic E-state index is 0.191. The molecule has 22 heavy (non-hydrogen) atoms. The molecule has 0 fully saturated rings. The molecule has 0 bridgehead atoms. The number of thioether (sulfide) groups is 1. The first-order valence-electron chi connectivity index (χ1n) is 6.42. The molecule has 0 spiro atoms. The number of alkyl halides is 3. The number of halogens is 3. The summed E-state index contributed by atoms with van der Waals surface area (Å²) in [4.78, 5) is 15.5. The number of nitrogens with zero attached hydrogens (tertiary/aromatic N) is 1. The Bertz CT molecular complexity index is 670. The number of benzene rings is 1. The van der Waals surface area contributed by atoms with E-state index in [4.69, 9.17) is 0 Å². The van der Waals surface area contributed by atoms with E-state index in [1.165, 1.54) is 23.9 Å².